The fourth-order valence-electron chi connectivity index (χ4n) is 3.36. The quantitative estimate of drug-likeness (QED) is 0.672. The van der Waals surface area contributed by atoms with Crippen LogP contribution in [-0.2, 0) is 6.42 Å². The Morgan fingerprint density at radius 1 is 1.08 bits per heavy atom. The molecule has 0 saturated carbocycles. The summed E-state index contributed by atoms with van der Waals surface area (Å²) >= 11 is 1.69. The fourth-order valence-corrected chi connectivity index (χ4v) is 4.19. The van der Waals surface area contributed by atoms with E-state index < -0.39 is 0 Å². The third-order valence-electron chi connectivity index (χ3n) is 4.58. The van der Waals surface area contributed by atoms with Crippen LogP contribution < -0.4 is 4.90 Å². The number of thiazole rings is 1. The minimum Gasteiger partial charge on any atom is -0.369 e. The molecule has 4 heteroatoms. The number of nitrogens with zero attached hydrogens (tertiary/aromatic N) is 3. The predicted octanol–water partition coefficient (Wildman–Crippen LogP) is 5.03. The maximum Gasteiger partial charge on any atom is 0.124 e. The molecule has 122 valence electrons. The molecule has 0 N–H and O–H groups in total. The second-order valence-corrected chi connectivity index (χ2v) is 7.37. The average Bonchev–Trinajstić information content (AvgIpc) is 3.11. The number of aryl methyl sites for hydroxylation is 1. The number of hydrogen-bond acceptors (Lipinski definition) is 4. The third kappa shape index (κ3) is 2.82. The van der Waals surface area contributed by atoms with Crippen LogP contribution in [0, 0.1) is 0 Å². The molecule has 0 fully saturated rings. The number of anilines is 1. The van der Waals surface area contributed by atoms with Crippen molar-refractivity contribution in [2.24, 2.45) is 0 Å². The molecule has 2 aromatic heterocycles. The number of pyridine rings is 1. The van der Waals surface area contributed by atoms with Gasteiger partial charge < -0.3 is 4.90 Å². The normalized spacial score (nSPS) is 14.0. The third-order valence-corrected chi connectivity index (χ3v) is 5.48. The summed E-state index contributed by atoms with van der Waals surface area (Å²) in [4.78, 5) is 11.4. The largest absolute Gasteiger partial charge is 0.369 e. The van der Waals surface area contributed by atoms with Crippen molar-refractivity contribution in [1.29, 1.82) is 0 Å². The van der Waals surface area contributed by atoms with Gasteiger partial charge in [0.1, 0.15) is 5.01 Å². The molecular weight excluding hydrogens is 314 g/mol. The molecular formula is C20H21N3S. The lowest BCUT2D eigenvalue weighted by molar-refractivity contribution is 0.626. The van der Waals surface area contributed by atoms with Crippen LogP contribution >= 0.6 is 11.3 Å². The van der Waals surface area contributed by atoms with Gasteiger partial charge in [0.2, 0.25) is 0 Å². The van der Waals surface area contributed by atoms with Crippen molar-refractivity contribution >= 4 is 17.0 Å². The van der Waals surface area contributed by atoms with Gasteiger partial charge in [0.05, 0.1) is 5.69 Å². The highest BCUT2D eigenvalue weighted by Crippen LogP contribution is 2.34. The van der Waals surface area contributed by atoms with E-state index in [0.717, 1.165) is 29.2 Å². The monoisotopic (exact) mass is 335 g/mol. The second-order valence-electron chi connectivity index (χ2n) is 6.51. The van der Waals surface area contributed by atoms with E-state index in [1.807, 2.05) is 24.5 Å². The molecule has 1 aliphatic rings. The van der Waals surface area contributed by atoms with Crippen LogP contribution in [0.2, 0.25) is 0 Å². The Hall–Kier alpha value is -2.20. The molecule has 0 radical (unpaired) electrons. The molecule has 1 aliphatic heterocycles. The van der Waals surface area contributed by atoms with Crippen molar-refractivity contribution in [3.05, 3.63) is 53.7 Å². The van der Waals surface area contributed by atoms with Crippen LogP contribution in [0.1, 0.15) is 25.8 Å². The Labute approximate surface area is 147 Å². The summed E-state index contributed by atoms with van der Waals surface area (Å²) in [5.74, 6) is 0. The van der Waals surface area contributed by atoms with Gasteiger partial charge in [0.15, 0.2) is 0 Å². The van der Waals surface area contributed by atoms with Crippen molar-refractivity contribution in [1.82, 2.24) is 9.97 Å². The first-order chi connectivity index (χ1) is 11.7. The van der Waals surface area contributed by atoms with Gasteiger partial charge in [0.25, 0.3) is 0 Å². The minimum atomic E-state index is 0.549. The van der Waals surface area contributed by atoms with Gasteiger partial charge in [-0.15, -0.1) is 11.3 Å². The molecule has 3 aromatic rings. The summed E-state index contributed by atoms with van der Waals surface area (Å²) in [6.07, 6.45) is 6.02. The van der Waals surface area contributed by atoms with Crippen LogP contribution in [0.25, 0.3) is 21.8 Å². The summed E-state index contributed by atoms with van der Waals surface area (Å²) in [7, 11) is 0. The Bertz CT molecular complexity index is 839. The van der Waals surface area contributed by atoms with Crippen molar-refractivity contribution in [3.63, 3.8) is 0 Å². The Morgan fingerprint density at radius 2 is 1.92 bits per heavy atom. The van der Waals surface area contributed by atoms with Gasteiger partial charge in [-0.05, 0) is 56.5 Å². The van der Waals surface area contributed by atoms with Crippen LogP contribution in [0.5, 0.6) is 0 Å². The zero-order valence-corrected chi connectivity index (χ0v) is 14.9. The molecule has 24 heavy (non-hydrogen) atoms. The number of rotatable bonds is 3. The number of hydrogen-bond donors (Lipinski definition) is 0. The highest BCUT2D eigenvalue weighted by atomic mass is 32.1. The molecule has 3 heterocycles. The highest BCUT2D eigenvalue weighted by molar-refractivity contribution is 7.13. The smallest absolute Gasteiger partial charge is 0.124 e. The van der Waals surface area contributed by atoms with Gasteiger partial charge >= 0.3 is 0 Å². The lowest BCUT2D eigenvalue weighted by atomic mass is 9.97. The van der Waals surface area contributed by atoms with E-state index in [9.17, 15) is 0 Å². The van der Waals surface area contributed by atoms with Crippen molar-refractivity contribution < 1.29 is 0 Å². The molecule has 1 aromatic carbocycles. The predicted molar refractivity (Wildman–Crippen MR) is 102 cm³/mol. The molecule has 0 unspecified atom stereocenters. The van der Waals surface area contributed by atoms with Crippen LogP contribution in [0.15, 0.2) is 48.1 Å². The fraction of sp³-hybridized carbons (Fsp3) is 0.300. The number of aromatic nitrogens is 2. The Kier molecular flexibility index (Phi) is 4.07. The highest BCUT2D eigenvalue weighted by Gasteiger charge is 2.19. The minimum absolute atomic E-state index is 0.549. The first kappa shape index (κ1) is 15.3. The average molecular weight is 335 g/mol. The topological polar surface area (TPSA) is 29.0 Å². The number of benzene rings is 1. The summed E-state index contributed by atoms with van der Waals surface area (Å²) in [5.41, 5.74) is 6.26. The van der Waals surface area contributed by atoms with E-state index in [4.69, 9.17) is 4.98 Å². The zero-order valence-electron chi connectivity index (χ0n) is 14.1. The van der Waals surface area contributed by atoms with Gasteiger partial charge in [-0.2, -0.15) is 0 Å². The maximum atomic E-state index is 4.83. The first-order valence-electron chi connectivity index (χ1n) is 8.48. The van der Waals surface area contributed by atoms with Crippen LogP contribution in [-0.4, -0.2) is 22.6 Å². The van der Waals surface area contributed by atoms with Crippen LogP contribution in [0.4, 0.5) is 5.69 Å². The van der Waals surface area contributed by atoms with Gasteiger partial charge in [-0.3, -0.25) is 4.98 Å². The summed E-state index contributed by atoms with van der Waals surface area (Å²) in [5, 5.41) is 3.20. The van der Waals surface area contributed by atoms with E-state index in [-0.39, 0.29) is 0 Å². The van der Waals surface area contributed by atoms with Crippen molar-refractivity contribution in [3.8, 4) is 21.8 Å². The second kappa shape index (κ2) is 6.36. The molecule has 0 spiro atoms. The van der Waals surface area contributed by atoms with Gasteiger partial charge in [0, 0.05) is 47.2 Å². The maximum absolute atomic E-state index is 4.83. The Morgan fingerprint density at radius 3 is 2.71 bits per heavy atom. The Balaban J connectivity index is 1.67. The molecule has 3 nitrogen and oxygen atoms in total. The lowest BCUT2D eigenvalue weighted by Crippen LogP contribution is -2.35. The number of fused-ring (bicyclic) bond motifs is 1. The van der Waals surface area contributed by atoms with E-state index in [1.165, 1.54) is 23.2 Å². The summed E-state index contributed by atoms with van der Waals surface area (Å²) < 4.78 is 0. The molecule has 0 bridgehead atoms. The first-order valence-corrected chi connectivity index (χ1v) is 9.36. The van der Waals surface area contributed by atoms with Crippen LogP contribution in [0.3, 0.4) is 0 Å². The standard InChI is InChI=1S/C20H21N3S/c1-14(2)23-11-3-4-17-12-16(5-6-19(17)23)18-13-24-20(22-18)15-7-9-21-10-8-15/h5-10,12-14H,3-4,11H2,1-2H3. The van der Waals surface area contributed by atoms with Crippen molar-refractivity contribution in [2.75, 3.05) is 11.4 Å². The van der Waals surface area contributed by atoms with E-state index in [1.54, 1.807) is 11.3 Å². The molecule has 0 atom stereocenters. The SMILES string of the molecule is CC(C)N1CCCc2cc(-c3csc(-c4ccncc4)n3)ccc21. The van der Waals surface area contributed by atoms with E-state index in [2.05, 4.69) is 47.3 Å². The molecule has 0 saturated heterocycles. The summed E-state index contributed by atoms with van der Waals surface area (Å²) in [6, 6.07) is 11.4. The molecule has 0 amide bonds. The molecule has 4 rings (SSSR count). The van der Waals surface area contributed by atoms with Gasteiger partial charge in [-0.25, -0.2) is 4.98 Å². The van der Waals surface area contributed by atoms with Gasteiger partial charge in [-0.1, -0.05) is 6.07 Å². The molecule has 0 aliphatic carbocycles. The van der Waals surface area contributed by atoms with Crippen molar-refractivity contribution in [2.45, 2.75) is 32.7 Å². The van der Waals surface area contributed by atoms with E-state index >= 15 is 0 Å². The summed E-state index contributed by atoms with van der Waals surface area (Å²) in [6.45, 7) is 5.70. The van der Waals surface area contributed by atoms with E-state index in [0.29, 0.717) is 6.04 Å². The lowest BCUT2D eigenvalue weighted by Gasteiger charge is -2.34. The zero-order chi connectivity index (χ0) is 16.5.